The Bertz CT molecular complexity index is 427. The van der Waals surface area contributed by atoms with Crippen LogP contribution in [0.4, 0.5) is 0 Å². The van der Waals surface area contributed by atoms with Crippen molar-refractivity contribution in [3.05, 3.63) is 29.6 Å². The van der Waals surface area contributed by atoms with E-state index in [1.807, 2.05) is 11.0 Å². The number of amides is 1. The van der Waals surface area contributed by atoms with Crippen LogP contribution in [0, 0.1) is 0 Å². The zero-order valence-corrected chi connectivity index (χ0v) is 11.5. The molecular formula is C14H22N4O. The molecule has 1 fully saturated rings. The summed E-state index contributed by atoms with van der Waals surface area (Å²) < 4.78 is 0. The Morgan fingerprint density at radius 1 is 1.37 bits per heavy atom. The van der Waals surface area contributed by atoms with Gasteiger partial charge >= 0.3 is 0 Å². The first-order valence-corrected chi connectivity index (χ1v) is 6.91. The van der Waals surface area contributed by atoms with Crippen LogP contribution in [0.3, 0.4) is 0 Å². The number of likely N-dealkylation sites (N-methyl/N-ethyl adjacent to an activating group) is 1. The highest BCUT2D eigenvalue weighted by Gasteiger charge is 2.21. The molecule has 2 N–H and O–H groups in total. The molecule has 2 rings (SSSR count). The fourth-order valence-corrected chi connectivity index (χ4v) is 2.35. The summed E-state index contributed by atoms with van der Waals surface area (Å²) >= 11 is 0. The molecule has 104 valence electrons. The third-order valence-corrected chi connectivity index (χ3v) is 3.57. The second kappa shape index (κ2) is 6.63. The van der Waals surface area contributed by atoms with Crippen molar-refractivity contribution in [3.63, 3.8) is 0 Å². The summed E-state index contributed by atoms with van der Waals surface area (Å²) in [5.41, 5.74) is 7.13. The molecule has 19 heavy (non-hydrogen) atoms. The van der Waals surface area contributed by atoms with Gasteiger partial charge < -0.3 is 15.5 Å². The minimum Gasteiger partial charge on any atom is -0.336 e. The number of hydrogen-bond acceptors (Lipinski definition) is 4. The van der Waals surface area contributed by atoms with Gasteiger partial charge in [0.2, 0.25) is 0 Å². The molecule has 1 aliphatic heterocycles. The Morgan fingerprint density at radius 3 is 2.74 bits per heavy atom. The van der Waals surface area contributed by atoms with Crippen LogP contribution < -0.4 is 5.73 Å². The lowest BCUT2D eigenvalue weighted by Crippen LogP contribution is -2.48. The third-order valence-electron chi connectivity index (χ3n) is 3.57. The van der Waals surface area contributed by atoms with Crippen LogP contribution in [0.2, 0.25) is 0 Å². The number of aromatic nitrogens is 1. The molecule has 0 aromatic carbocycles. The van der Waals surface area contributed by atoms with Gasteiger partial charge in [-0.2, -0.15) is 0 Å². The van der Waals surface area contributed by atoms with Crippen molar-refractivity contribution in [2.45, 2.75) is 13.3 Å². The van der Waals surface area contributed by atoms with Crippen LogP contribution in [0.25, 0.3) is 0 Å². The highest BCUT2D eigenvalue weighted by atomic mass is 16.2. The molecule has 2 heterocycles. The Balaban J connectivity index is 2.01. The van der Waals surface area contributed by atoms with E-state index in [0.717, 1.165) is 44.0 Å². The zero-order valence-electron chi connectivity index (χ0n) is 11.5. The summed E-state index contributed by atoms with van der Waals surface area (Å²) in [6.45, 7) is 7.30. The van der Waals surface area contributed by atoms with E-state index in [0.29, 0.717) is 13.0 Å². The van der Waals surface area contributed by atoms with E-state index in [2.05, 4.69) is 16.8 Å². The minimum absolute atomic E-state index is 0.108. The number of hydrogen-bond donors (Lipinski definition) is 1. The fourth-order valence-electron chi connectivity index (χ4n) is 2.35. The van der Waals surface area contributed by atoms with Crippen LogP contribution >= 0.6 is 0 Å². The van der Waals surface area contributed by atoms with Gasteiger partial charge in [0.05, 0.1) is 0 Å². The molecule has 5 heteroatoms. The second-order valence-electron chi connectivity index (χ2n) is 4.80. The topological polar surface area (TPSA) is 62.5 Å². The zero-order chi connectivity index (χ0) is 13.7. The third kappa shape index (κ3) is 3.52. The Hall–Kier alpha value is -1.46. The molecule has 0 saturated carbocycles. The summed E-state index contributed by atoms with van der Waals surface area (Å²) in [7, 11) is 0. The summed E-state index contributed by atoms with van der Waals surface area (Å²) in [5.74, 6) is 0.108. The SMILES string of the molecule is CCN1CCN(C(=O)c2ccnc(CCN)c2)CC1. The van der Waals surface area contributed by atoms with E-state index in [1.54, 1.807) is 12.3 Å². The largest absolute Gasteiger partial charge is 0.336 e. The van der Waals surface area contributed by atoms with Crippen LogP contribution in [-0.2, 0) is 6.42 Å². The van der Waals surface area contributed by atoms with Gasteiger partial charge in [0.25, 0.3) is 5.91 Å². The molecule has 1 aromatic heterocycles. The summed E-state index contributed by atoms with van der Waals surface area (Å²) in [5, 5.41) is 0. The van der Waals surface area contributed by atoms with E-state index in [4.69, 9.17) is 5.73 Å². The van der Waals surface area contributed by atoms with Crippen LogP contribution in [0.15, 0.2) is 18.3 Å². The number of carbonyl (C=O) groups is 1. The first-order chi connectivity index (χ1) is 9.24. The second-order valence-corrected chi connectivity index (χ2v) is 4.80. The quantitative estimate of drug-likeness (QED) is 0.851. The smallest absolute Gasteiger partial charge is 0.254 e. The van der Waals surface area contributed by atoms with Crippen LogP contribution in [0.1, 0.15) is 23.0 Å². The van der Waals surface area contributed by atoms with E-state index < -0.39 is 0 Å². The van der Waals surface area contributed by atoms with Gasteiger partial charge in [-0.05, 0) is 25.2 Å². The van der Waals surface area contributed by atoms with E-state index in [9.17, 15) is 4.79 Å². The molecule has 0 bridgehead atoms. The molecular weight excluding hydrogens is 240 g/mol. The van der Waals surface area contributed by atoms with Gasteiger partial charge in [-0.25, -0.2) is 0 Å². The van der Waals surface area contributed by atoms with Crippen molar-refractivity contribution < 1.29 is 4.79 Å². The summed E-state index contributed by atoms with van der Waals surface area (Å²) in [4.78, 5) is 20.9. The highest BCUT2D eigenvalue weighted by Crippen LogP contribution is 2.09. The molecule has 0 atom stereocenters. The number of rotatable bonds is 4. The Kier molecular flexibility index (Phi) is 4.87. The number of piperazine rings is 1. The fraction of sp³-hybridized carbons (Fsp3) is 0.571. The van der Waals surface area contributed by atoms with Gasteiger partial charge in [0, 0.05) is 50.1 Å². The summed E-state index contributed by atoms with van der Waals surface area (Å²) in [6, 6.07) is 3.65. The molecule has 0 aliphatic carbocycles. The first-order valence-electron chi connectivity index (χ1n) is 6.91. The molecule has 1 aliphatic rings. The molecule has 0 unspecified atom stereocenters. The molecule has 0 spiro atoms. The standard InChI is InChI=1S/C14H22N4O/c1-2-17-7-9-18(10-8-17)14(19)12-4-6-16-13(11-12)3-5-15/h4,6,11H,2-3,5,7-10,15H2,1H3. The molecule has 1 aromatic rings. The lowest BCUT2D eigenvalue weighted by Gasteiger charge is -2.34. The van der Waals surface area contributed by atoms with Gasteiger partial charge in [0.15, 0.2) is 0 Å². The van der Waals surface area contributed by atoms with E-state index in [1.165, 1.54) is 0 Å². The number of nitrogens with two attached hydrogens (primary N) is 1. The van der Waals surface area contributed by atoms with Crippen molar-refractivity contribution in [2.24, 2.45) is 5.73 Å². The van der Waals surface area contributed by atoms with Crippen molar-refractivity contribution in [1.82, 2.24) is 14.8 Å². The van der Waals surface area contributed by atoms with Gasteiger partial charge in [0.1, 0.15) is 0 Å². The van der Waals surface area contributed by atoms with Gasteiger partial charge in [-0.3, -0.25) is 9.78 Å². The number of carbonyl (C=O) groups excluding carboxylic acids is 1. The van der Waals surface area contributed by atoms with Crippen molar-refractivity contribution in [2.75, 3.05) is 39.3 Å². The van der Waals surface area contributed by atoms with E-state index >= 15 is 0 Å². The molecule has 1 saturated heterocycles. The maximum absolute atomic E-state index is 12.4. The minimum atomic E-state index is 0.108. The Morgan fingerprint density at radius 2 is 2.11 bits per heavy atom. The van der Waals surface area contributed by atoms with Crippen LogP contribution in [0.5, 0.6) is 0 Å². The Labute approximate surface area is 114 Å². The molecule has 5 nitrogen and oxygen atoms in total. The van der Waals surface area contributed by atoms with Crippen molar-refractivity contribution in [1.29, 1.82) is 0 Å². The van der Waals surface area contributed by atoms with Crippen LogP contribution in [-0.4, -0.2) is 60.0 Å². The number of nitrogens with zero attached hydrogens (tertiary/aromatic N) is 3. The van der Waals surface area contributed by atoms with Crippen molar-refractivity contribution in [3.8, 4) is 0 Å². The monoisotopic (exact) mass is 262 g/mol. The van der Waals surface area contributed by atoms with Gasteiger partial charge in [-0.15, -0.1) is 0 Å². The average Bonchev–Trinajstić information content (AvgIpc) is 2.47. The van der Waals surface area contributed by atoms with E-state index in [-0.39, 0.29) is 5.91 Å². The van der Waals surface area contributed by atoms with Gasteiger partial charge in [-0.1, -0.05) is 6.92 Å². The first kappa shape index (κ1) is 14.0. The maximum Gasteiger partial charge on any atom is 0.254 e. The normalized spacial score (nSPS) is 16.6. The average molecular weight is 262 g/mol. The predicted molar refractivity (Wildman–Crippen MR) is 75.0 cm³/mol. The highest BCUT2D eigenvalue weighted by molar-refractivity contribution is 5.94. The lowest BCUT2D eigenvalue weighted by atomic mass is 10.1. The maximum atomic E-state index is 12.4. The lowest BCUT2D eigenvalue weighted by molar-refractivity contribution is 0.0643. The predicted octanol–water partition coefficient (Wildman–Crippen LogP) is 0.361. The number of pyridine rings is 1. The van der Waals surface area contributed by atoms with Crippen molar-refractivity contribution >= 4 is 5.91 Å². The summed E-state index contributed by atoms with van der Waals surface area (Å²) in [6.07, 6.45) is 2.41. The molecule has 0 radical (unpaired) electrons. The molecule has 1 amide bonds.